The lowest BCUT2D eigenvalue weighted by Crippen LogP contribution is -2.14. The Balaban J connectivity index is 1.58. The summed E-state index contributed by atoms with van der Waals surface area (Å²) >= 11 is 1.33. The van der Waals surface area contributed by atoms with Crippen LogP contribution in [0.3, 0.4) is 0 Å². The maximum Gasteiger partial charge on any atom is 0.262 e. The van der Waals surface area contributed by atoms with Crippen molar-refractivity contribution in [1.29, 1.82) is 0 Å². The Morgan fingerprint density at radius 3 is 2.50 bits per heavy atom. The van der Waals surface area contributed by atoms with E-state index in [1.807, 2.05) is 19.1 Å². The molecule has 152 valence electrons. The quantitative estimate of drug-likeness (QED) is 0.462. The van der Waals surface area contributed by atoms with Gasteiger partial charge in [-0.15, -0.1) is 0 Å². The van der Waals surface area contributed by atoms with E-state index < -0.39 is 10.0 Å². The lowest BCUT2D eigenvalue weighted by Gasteiger charge is -2.11. The minimum atomic E-state index is -3.73. The van der Waals surface area contributed by atoms with Gasteiger partial charge in [0.25, 0.3) is 15.9 Å². The van der Waals surface area contributed by atoms with Crippen LogP contribution < -0.4 is 10.0 Å². The first-order chi connectivity index (χ1) is 14.3. The molecule has 1 heterocycles. The van der Waals surface area contributed by atoms with Gasteiger partial charge in [0, 0.05) is 5.56 Å². The van der Waals surface area contributed by atoms with Gasteiger partial charge in [-0.2, -0.15) is 0 Å². The highest BCUT2D eigenvalue weighted by Gasteiger charge is 2.18. The van der Waals surface area contributed by atoms with E-state index in [4.69, 9.17) is 0 Å². The Bertz CT molecular complexity index is 1350. The third kappa shape index (κ3) is 4.19. The van der Waals surface area contributed by atoms with E-state index in [2.05, 4.69) is 15.0 Å². The third-order valence-electron chi connectivity index (χ3n) is 4.53. The SMILES string of the molecule is Cc1ccc(C)c(S(=O)(=O)Nc2ccc3sc(NC(=O)c4ccccc4)nc3c2)c1. The fourth-order valence-electron chi connectivity index (χ4n) is 3.01. The van der Waals surface area contributed by atoms with Gasteiger partial charge in [-0.1, -0.05) is 41.7 Å². The maximum atomic E-state index is 12.8. The standard InChI is InChI=1S/C22H19N3O3S2/c1-14-8-9-15(2)20(12-14)30(27,28)25-17-10-11-19-18(13-17)23-22(29-19)24-21(26)16-6-4-3-5-7-16/h3-13,25H,1-2H3,(H,23,24,26). The minimum Gasteiger partial charge on any atom is -0.298 e. The van der Waals surface area contributed by atoms with E-state index in [0.29, 0.717) is 27.5 Å². The minimum absolute atomic E-state index is 0.245. The van der Waals surface area contributed by atoms with Gasteiger partial charge in [-0.3, -0.25) is 14.8 Å². The summed E-state index contributed by atoms with van der Waals surface area (Å²) in [4.78, 5) is 17.0. The summed E-state index contributed by atoms with van der Waals surface area (Å²) in [6.07, 6.45) is 0. The van der Waals surface area contributed by atoms with Gasteiger partial charge >= 0.3 is 0 Å². The summed E-state index contributed by atoms with van der Waals surface area (Å²) in [5.74, 6) is -0.245. The van der Waals surface area contributed by atoms with Crippen LogP contribution in [-0.4, -0.2) is 19.3 Å². The van der Waals surface area contributed by atoms with Crippen LogP contribution in [0.15, 0.2) is 71.6 Å². The van der Waals surface area contributed by atoms with Gasteiger partial charge in [0.05, 0.1) is 20.8 Å². The lowest BCUT2D eigenvalue weighted by molar-refractivity contribution is 0.102. The molecule has 0 aliphatic rings. The second kappa shape index (κ2) is 7.89. The van der Waals surface area contributed by atoms with E-state index in [0.717, 1.165) is 10.3 Å². The van der Waals surface area contributed by atoms with Gasteiger partial charge in [-0.25, -0.2) is 13.4 Å². The van der Waals surface area contributed by atoms with Crippen molar-refractivity contribution in [2.45, 2.75) is 18.7 Å². The predicted molar refractivity (Wildman–Crippen MR) is 121 cm³/mol. The van der Waals surface area contributed by atoms with Crippen LogP contribution in [0, 0.1) is 13.8 Å². The fourth-order valence-corrected chi connectivity index (χ4v) is 5.23. The molecule has 0 aliphatic heterocycles. The second-order valence-corrected chi connectivity index (χ2v) is 9.58. The Morgan fingerprint density at radius 2 is 1.73 bits per heavy atom. The van der Waals surface area contributed by atoms with E-state index in [-0.39, 0.29) is 10.8 Å². The molecule has 0 saturated carbocycles. The number of fused-ring (bicyclic) bond motifs is 1. The zero-order valence-corrected chi connectivity index (χ0v) is 18.0. The Labute approximate surface area is 178 Å². The number of aryl methyl sites for hydroxylation is 2. The van der Waals surface area contributed by atoms with Crippen LogP contribution in [-0.2, 0) is 10.0 Å². The fraction of sp³-hybridized carbons (Fsp3) is 0.0909. The van der Waals surface area contributed by atoms with Crippen LogP contribution in [0.2, 0.25) is 0 Å². The van der Waals surface area contributed by atoms with Crippen molar-refractivity contribution in [3.8, 4) is 0 Å². The number of hydrogen-bond acceptors (Lipinski definition) is 5. The molecule has 1 aromatic heterocycles. The molecule has 1 amide bonds. The Hall–Kier alpha value is -3.23. The van der Waals surface area contributed by atoms with Gasteiger partial charge in [-0.05, 0) is 61.4 Å². The second-order valence-electron chi connectivity index (χ2n) is 6.90. The monoisotopic (exact) mass is 437 g/mol. The van der Waals surface area contributed by atoms with Crippen molar-refractivity contribution in [3.63, 3.8) is 0 Å². The van der Waals surface area contributed by atoms with E-state index >= 15 is 0 Å². The van der Waals surface area contributed by atoms with E-state index in [1.54, 1.807) is 61.5 Å². The molecule has 2 N–H and O–H groups in total. The number of nitrogens with one attached hydrogen (secondary N) is 2. The van der Waals surface area contributed by atoms with Gasteiger partial charge < -0.3 is 0 Å². The number of anilines is 2. The van der Waals surface area contributed by atoms with Crippen LogP contribution in [0.1, 0.15) is 21.5 Å². The summed E-state index contributed by atoms with van der Waals surface area (Å²) in [5, 5.41) is 3.24. The molecule has 0 atom stereocenters. The molecule has 0 bridgehead atoms. The van der Waals surface area contributed by atoms with Crippen LogP contribution in [0.5, 0.6) is 0 Å². The highest BCUT2D eigenvalue weighted by atomic mass is 32.2. The Morgan fingerprint density at radius 1 is 0.967 bits per heavy atom. The van der Waals surface area contributed by atoms with Crippen molar-refractivity contribution in [2.75, 3.05) is 10.0 Å². The maximum absolute atomic E-state index is 12.8. The first kappa shape index (κ1) is 20.1. The van der Waals surface area contributed by atoms with Crippen molar-refractivity contribution in [3.05, 3.63) is 83.4 Å². The largest absolute Gasteiger partial charge is 0.298 e. The van der Waals surface area contributed by atoms with Crippen molar-refractivity contribution in [1.82, 2.24) is 4.98 Å². The molecule has 4 aromatic rings. The topological polar surface area (TPSA) is 88.2 Å². The molecule has 0 aliphatic carbocycles. The molecule has 0 spiro atoms. The molecule has 8 heteroatoms. The molecule has 30 heavy (non-hydrogen) atoms. The summed E-state index contributed by atoms with van der Waals surface area (Å²) < 4.78 is 29.1. The first-order valence-corrected chi connectivity index (χ1v) is 11.5. The number of rotatable bonds is 5. The van der Waals surface area contributed by atoms with Crippen LogP contribution in [0.4, 0.5) is 10.8 Å². The molecule has 0 saturated heterocycles. The molecule has 4 rings (SSSR count). The number of carbonyl (C=O) groups is 1. The number of nitrogens with zero attached hydrogens (tertiary/aromatic N) is 1. The summed E-state index contributed by atoms with van der Waals surface area (Å²) in [6.45, 7) is 3.62. The number of thiazole rings is 1. The zero-order valence-electron chi connectivity index (χ0n) is 16.3. The van der Waals surface area contributed by atoms with E-state index in [1.165, 1.54) is 11.3 Å². The number of hydrogen-bond donors (Lipinski definition) is 2. The number of benzene rings is 3. The van der Waals surface area contributed by atoms with Gasteiger partial charge in [0.2, 0.25) is 0 Å². The average Bonchev–Trinajstić information content (AvgIpc) is 3.11. The van der Waals surface area contributed by atoms with Crippen molar-refractivity contribution >= 4 is 48.3 Å². The smallest absolute Gasteiger partial charge is 0.262 e. The summed E-state index contributed by atoms with van der Waals surface area (Å²) in [6, 6.07) is 19.3. The molecular formula is C22H19N3O3S2. The first-order valence-electron chi connectivity index (χ1n) is 9.19. The van der Waals surface area contributed by atoms with Gasteiger partial charge in [0.1, 0.15) is 0 Å². The normalized spacial score (nSPS) is 11.4. The van der Waals surface area contributed by atoms with Gasteiger partial charge in [0.15, 0.2) is 5.13 Å². The third-order valence-corrected chi connectivity index (χ3v) is 7.00. The average molecular weight is 438 g/mol. The molecule has 0 radical (unpaired) electrons. The predicted octanol–water partition coefficient (Wildman–Crippen LogP) is 4.97. The number of aromatic nitrogens is 1. The van der Waals surface area contributed by atoms with Crippen molar-refractivity contribution in [2.24, 2.45) is 0 Å². The summed E-state index contributed by atoms with van der Waals surface area (Å²) in [5.41, 5.74) is 3.10. The zero-order chi connectivity index (χ0) is 21.3. The van der Waals surface area contributed by atoms with Crippen molar-refractivity contribution < 1.29 is 13.2 Å². The van der Waals surface area contributed by atoms with E-state index in [9.17, 15) is 13.2 Å². The molecule has 3 aromatic carbocycles. The Kier molecular flexibility index (Phi) is 5.27. The summed E-state index contributed by atoms with van der Waals surface area (Å²) in [7, 11) is -3.73. The number of amides is 1. The van der Waals surface area contributed by atoms with Crippen LogP contribution in [0.25, 0.3) is 10.2 Å². The number of sulfonamides is 1. The number of carbonyl (C=O) groups excluding carboxylic acids is 1. The molecule has 6 nitrogen and oxygen atoms in total. The van der Waals surface area contributed by atoms with Crippen LogP contribution >= 0.6 is 11.3 Å². The highest BCUT2D eigenvalue weighted by Crippen LogP contribution is 2.29. The molecule has 0 fully saturated rings. The lowest BCUT2D eigenvalue weighted by atomic mass is 10.2. The molecular weight excluding hydrogens is 418 g/mol. The molecule has 0 unspecified atom stereocenters. The highest BCUT2D eigenvalue weighted by molar-refractivity contribution is 7.92.